The highest BCUT2D eigenvalue weighted by Crippen LogP contribution is 2.30. The third-order valence-corrected chi connectivity index (χ3v) is 3.28. The summed E-state index contributed by atoms with van der Waals surface area (Å²) >= 11 is 6.05. The number of halogens is 2. The van der Waals surface area contributed by atoms with Crippen molar-refractivity contribution in [3.63, 3.8) is 0 Å². The van der Waals surface area contributed by atoms with E-state index in [1.165, 1.54) is 6.07 Å². The van der Waals surface area contributed by atoms with Crippen molar-refractivity contribution in [3.8, 4) is 11.1 Å². The number of hydrogen-bond donors (Lipinski definition) is 1. The van der Waals surface area contributed by atoms with Gasteiger partial charge in [0.1, 0.15) is 5.82 Å². The van der Waals surface area contributed by atoms with E-state index in [1.54, 1.807) is 6.07 Å². The standard InChI is InChI=1S/C16H17ClFN/c1-3-19-10-12-5-6-13(17)9-14(12)15-8-11(2)4-7-16(15)18/h4-9,19H,3,10H2,1-2H3. The quantitative estimate of drug-likeness (QED) is 0.864. The van der Waals surface area contributed by atoms with E-state index in [2.05, 4.69) is 5.32 Å². The summed E-state index contributed by atoms with van der Waals surface area (Å²) < 4.78 is 14.0. The zero-order chi connectivity index (χ0) is 13.8. The summed E-state index contributed by atoms with van der Waals surface area (Å²) in [4.78, 5) is 0. The van der Waals surface area contributed by atoms with Gasteiger partial charge in [-0.05, 0) is 48.9 Å². The molecule has 0 spiro atoms. The SMILES string of the molecule is CCNCc1ccc(Cl)cc1-c1cc(C)ccc1F. The second-order valence-corrected chi connectivity index (χ2v) is 5.00. The van der Waals surface area contributed by atoms with Gasteiger partial charge in [0.2, 0.25) is 0 Å². The molecule has 0 aliphatic carbocycles. The molecule has 0 radical (unpaired) electrons. The molecular weight excluding hydrogens is 261 g/mol. The Balaban J connectivity index is 2.52. The molecule has 0 aromatic heterocycles. The van der Waals surface area contributed by atoms with Gasteiger partial charge in [-0.1, -0.05) is 36.2 Å². The van der Waals surface area contributed by atoms with Crippen molar-refractivity contribution in [2.75, 3.05) is 6.54 Å². The van der Waals surface area contributed by atoms with Gasteiger partial charge in [-0.25, -0.2) is 4.39 Å². The van der Waals surface area contributed by atoms with Crippen LogP contribution in [0.3, 0.4) is 0 Å². The number of rotatable bonds is 4. The Morgan fingerprint density at radius 2 is 1.89 bits per heavy atom. The highest BCUT2D eigenvalue weighted by atomic mass is 35.5. The van der Waals surface area contributed by atoms with Gasteiger partial charge in [-0.15, -0.1) is 0 Å². The van der Waals surface area contributed by atoms with Gasteiger partial charge in [-0.3, -0.25) is 0 Å². The molecule has 2 aromatic carbocycles. The van der Waals surface area contributed by atoms with Gasteiger partial charge in [-0.2, -0.15) is 0 Å². The third kappa shape index (κ3) is 3.34. The van der Waals surface area contributed by atoms with Gasteiger partial charge < -0.3 is 5.32 Å². The molecule has 0 heterocycles. The Hall–Kier alpha value is -1.38. The van der Waals surface area contributed by atoms with Crippen LogP contribution in [-0.4, -0.2) is 6.54 Å². The molecule has 0 unspecified atom stereocenters. The molecule has 2 rings (SSSR count). The molecule has 0 aliphatic heterocycles. The van der Waals surface area contributed by atoms with Gasteiger partial charge in [0.25, 0.3) is 0 Å². The fourth-order valence-electron chi connectivity index (χ4n) is 2.06. The average molecular weight is 278 g/mol. The van der Waals surface area contributed by atoms with Crippen molar-refractivity contribution in [2.45, 2.75) is 20.4 Å². The normalized spacial score (nSPS) is 10.7. The van der Waals surface area contributed by atoms with Crippen molar-refractivity contribution < 1.29 is 4.39 Å². The summed E-state index contributed by atoms with van der Waals surface area (Å²) in [5.74, 6) is -0.217. The second kappa shape index (κ2) is 6.18. The Labute approximate surface area is 118 Å². The van der Waals surface area contributed by atoms with Crippen LogP contribution in [0.5, 0.6) is 0 Å². The van der Waals surface area contributed by atoms with Crippen molar-refractivity contribution in [2.24, 2.45) is 0 Å². The van der Waals surface area contributed by atoms with E-state index < -0.39 is 0 Å². The summed E-state index contributed by atoms with van der Waals surface area (Å²) in [5, 5.41) is 3.88. The summed E-state index contributed by atoms with van der Waals surface area (Å²) in [7, 11) is 0. The van der Waals surface area contributed by atoms with Crippen LogP contribution in [0.1, 0.15) is 18.1 Å². The van der Waals surface area contributed by atoms with Crippen LogP contribution >= 0.6 is 11.6 Å². The highest BCUT2D eigenvalue weighted by Gasteiger charge is 2.10. The van der Waals surface area contributed by atoms with E-state index in [0.29, 0.717) is 17.1 Å². The van der Waals surface area contributed by atoms with Crippen molar-refractivity contribution in [1.82, 2.24) is 5.32 Å². The van der Waals surface area contributed by atoms with Crippen LogP contribution in [0.25, 0.3) is 11.1 Å². The smallest absolute Gasteiger partial charge is 0.131 e. The molecule has 19 heavy (non-hydrogen) atoms. The average Bonchev–Trinajstić information content (AvgIpc) is 2.40. The molecule has 0 amide bonds. The van der Waals surface area contributed by atoms with Crippen LogP contribution in [0.15, 0.2) is 36.4 Å². The molecule has 1 nitrogen and oxygen atoms in total. The van der Waals surface area contributed by atoms with Crippen LogP contribution in [-0.2, 0) is 6.54 Å². The van der Waals surface area contributed by atoms with E-state index in [1.807, 2.05) is 38.1 Å². The predicted molar refractivity (Wildman–Crippen MR) is 79.0 cm³/mol. The molecule has 3 heteroatoms. The number of benzene rings is 2. The van der Waals surface area contributed by atoms with Crippen molar-refractivity contribution >= 4 is 11.6 Å². The first-order valence-electron chi connectivity index (χ1n) is 6.37. The molecule has 0 bridgehead atoms. The number of nitrogens with one attached hydrogen (secondary N) is 1. The summed E-state index contributed by atoms with van der Waals surface area (Å²) in [5.41, 5.74) is 3.55. The van der Waals surface area contributed by atoms with Crippen LogP contribution in [0.4, 0.5) is 4.39 Å². The maximum absolute atomic E-state index is 14.0. The van der Waals surface area contributed by atoms with Gasteiger partial charge in [0.15, 0.2) is 0 Å². The molecule has 2 aromatic rings. The van der Waals surface area contributed by atoms with E-state index in [4.69, 9.17) is 11.6 Å². The maximum atomic E-state index is 14.0. The minimum atomic E-state index is -0.217. The van der Waals surface area contributed by atoms with E-state index in [-0.39, 0.29) is 5.82 Å². The Morgan fingerprint density at radius 3 is 2.63 bits per heavy atom. The monoisotopic (exact) mass is 277 g/mol. The summed E-state index contributed by atoms with van der Waals surface area (Å²) in [6.07, 6.45) is 0. The minimum Gasteiger partial charge on any atom is -0.313 e. The Kier molecular flexibility index (Phi) is 4.56. The van der Waals surface area contributed by atoms with Gasteiger partial charge >= 0.3 is 0 Å². The zero-order valence-corrected chi connectivity index (χ0v) is 11.9. The largest absolute Gasteiger partial charge is 0.313 e. The lowest BCUT2D eigenvalue weighted by molar-refractivity contribution is 0.630. The molecular formula is C16H17ClFN. The van der Waals surface area contributed by atoms with Crippen LogP contribution < -0.4 is 5.32 Å². The van der Waals surface area contributed by atoms with Crippen LogP contribution in [0, 0.1) is 12.7 Å². The molecule has 0 saturated heterocycles. The second-order valence-electron chi connectivity index (χ2n) is 4.57. The lowest BCUT2D eigenvalue weighted by Crippen LogP contribution is -2.12. The first-order valence-corrected chi connectivity index (χ1v) is 6.75. The first kappa shape index (κ1) is 14.0. The molecule has 1 N–H and O–H groups in total. The van der Waals surface area contributed by atoms with E-state index in [0.717, 1.165) is 23.2 Å². The van der Waals surface area contributed by atoms with E-state index in [9.17, 15) is 4.39 Å². The number of hydrogen-bond acceptors (Lipinski definition) is 1. The van der Waals surface area contributed by atoms with Gasteiger partial charge in [0.05, 0.1) is 0 Å². The third-order valence-electron chi connectivity index (χ3n) is 3.05. The van der Waals surface area contributed by atoms with Crippen molar-refractivity contribution in [1.29, 1.82) is 0 Å². The number of aryl methyl sites for hydroxylation is 1. The topological polar surface area (TPSA) is 12.0 Å². The lowest BCUT2D eigenvalue weighted by atomic mass is 9.97. The maximum Gasteiger partial charge on any atom is 0.131 e. The zero-order valence-electron chi connectivity index (χ0n) is 11.1. The molecule has 100 valence electrons. The fraction of sp³-hybridized carbons (Fsp3) is 0.250. The van der Waals surface area contributed by atoms with E-state index >= 15 is 0 Å². The summed E-state index contributed by atoms with van der Waals surface area (Å²) in [6, 6.07) is 10.7. The minimum absolute atomic E-state index is 0.217. The predicted octanol–water partition coefficient (Wildman–Crippen LogP) is 4.56. The molecule has 0 aliphatic rings. The summed E-state index contributed by atoms with van der Waals surface area (Å²) in [6.45, 7) is 5.58. The van der Waals surface area contributed by atoms with Crippen molar-refractivity contribution in [3.05, 3.63) is 58.4 Å². The first-order chi connectivity index (χ1) is 9.11. The van der Waals surface area contributed by atoms with Gasteiger partial charge in [0, 0.05) is 17.1 Å². The molecule has 0 saturated carbocycles. The lowest BCUT2D eigenvalue weighted by Gasteiger charge is -2.12. The fourth-order valence-corrected chi connectivity index (χ4v) is 2.23. The molecule has 0 atom stereocenters. The Bertz CT molecular complexity index is 581. The molecule has 0 fully saturated rings. The van der Waals surface area contributed by atoms with Crippen LogP contribution in [0.2, 0.25) is 5.02 Å². The Morgan fingerprint density at radius 1 is 1.11 bits per heavy atom. The highest BCUT2D eigenvalue weighted by molar-refractivity contribution is 6.30.